The maximum atomic E-state index is 12.4. The summed E-state index contributed by atoms with van der Waals surface area (Å²) in [5, 5.41) is 4.30. The average Bonchev–Trinajstić information content (AvgIpc) is 2.68. The maximum Gasteiger partial charge on any atom is 0.230 e. The van der Waals surface area contributed by atoms with Gasteiger partial charge in [0.25, 0.3) is 0 Å². The van der Waals surface area contributed by atoms with Crippen molar-refractivity contribution >= 4 is 40.9 Å². The van der Waals surface area contributed by atoms with Crippen LogP contribution in [0.4, 0.5) is 0 Å². The molecule has 2 aromatic rings. The Hall–Kier alpha value is -1.16. The predicted octanol–water partition coefficient (Wildman–Crippen LogP) is 6.37. The van der Waals surface area contributed by atoms with Gasteiger partial charge in [0.2, 0.25) is 5.91 Å². The summed E-state index contributed by atoms with van der Waals surface area (Å²) in [6.45, 7) is 2.12. The molecule has 0 aliphatic heterocycles. The van der Waals surface area contributed by atoms with Crippen molar-refractivity contribution in [3.63, 3.8) is 0 Å². The van der Waals surface area contributed by atoms with Crippen molar-refractivity contribution in [3.05, 3.63) is 68.7 Å². The Balaban J connectivity index is 1.53. The third kappa shape index (κ3) is 5.66. The summed E-state index contributed by atoms with van der Waals surface area (Å²) in [5.74, 6) is 1.24. The summed E-state index contributed by atoms with van der Waals surface area (Å²) in [4.78, 5) is 12.4. The second-order valence-electron chi connectivity index (χ2n) is 7.00. The Labute approximate surface area is 176 Å². The lowest BCUT2D eigenvalue weighted by molar-refractivity contribution is -0.119. The smallest absolute Gasteiger partial charge is 0.230 e. The first-order valence-electron chi connectivity index (χ1n) is 9.49. The monoisotopic (exact) mass is 421 g/mol. The molecule has 1 N–H and O–H groups in total. The van der Waals surface area contributed by atoms with Crippen molar-refractivity contribution in [2.75, 3.05) is 5.75 Å². The molecule has 0 aromatic heterocycles. The third-order valence-electron chi connectivity index (χ3n) is 5.00. The molecule has 0 saturated heterocycles. The van der Waals surface area contributed by atoms with Gasteiger partial charge in [-0.3, -0.25) is 4.79 Å². The van der Waals surface area contributed by atoms with E-state index in [1.54, 1.807) is 17.8 Å². The van der Waals surface area contributed by atoms with Gasteiger partial charge in [-0.2, -0.15) is 0 Å². The van der Waals surface area contributed by atoms with E-state index < -0.39 is 0 Å². The van der Waals surface area contributed by atoms with E-state index in [4.69, 9.17) is 23.2 Å². The molecule has 0 bridgehead atoms. The fourth-order valence-corrected chi connectivity index (χ4v) is 4.62. The number of aryl methyl sites for hydroxylation is 2. The molecule has 1 aliphatic rings. The third-order valence-corrected chi connectivity index (χ3v) is 6.75. The lowest BCUT2D eigenvalue weighted by Gasteiger charge is -2.21. The van der Waals surface area contributed by atoms with Crippen LogP contribution in [0.15, 0.2) is 36.4 Å². The van der Waals surface area contributed by atoms with Crippen molar-refractivity contribution in [3.8, 4) is 0 Å². The van der Waals surface area contributed by atoms with Crippen LogP contribution in [0.1, 0.15) is 54.5 Å². The van der Waals surface area contributed by atoms with Crippen molar-refractivity contribution < 1.29 is 4.79 Å². The number of carbonyl (C=O) groups is 1. The van der Waals surface area contributed by atoms with Gasteiger partial charge in [0.1, 0.15) is 0 Å². The first-order chi connectivity index (χ1) is 13.1. The van der Waals surface area contributed by atoms with Crippen LogP contribution in [0, 0.1) is 0 Å². The maximum absolute atomic E-state index is 12.4. The average molecular weight is 422 g/mol. The fraction of sp³-hybridized carbons (Fsp3) is 0.409. The number of carbonyl (C=O) groups excluding carboxylic acids is 1. The van der Waals surface area contributed by atoms with E-state index in [2.05, 4.69) is 30.4 Å². The van der Waals surface area contributed by atoms with Gasteiger partial charge >= 0.3 is 0 Å². The Morgan fingerprint density at radius 2 is 1.85 bits per heavy atom. The van der Waals surface area contributed by atoms with Crippen LogP contribution in [0.2, 0.25) is 10.0 Å². The molecule has 2 nitrogen and oxygen atoms in total. The summed E-state index contributed by atoms with van der Waals surface area (Å²) in [7, 11) is 0. The molecule has 1 aliphatic carbocycles. The van der Waals surface area contributed by atoms with E-state index in [0.717, 1.165) is 24.2 Å². The Bertz CT molecular complexity index is 809. The predicted molar refractivity (Wildman–Crippen MR) is 117 cm³/mol. The molecule has 0 saturated carbocycles. The molecule has 0 fully saturated rings. The van der Waals surface area contributed by atoms with Crippen LogP contribution in [0.5, 0.6) is 0 Å². The largest absolute Gasteiger partial charge is 0.349 e. The number of hydrogen-bond acceptors (Lipinski definition) is 2. The number of fused-ring (bicyclic) bond motifs is 1. The molecule has 5 heteroatoms. The van der Waals surface area contributed by atoms with Gasteiger partial charge in [-0.1, -0.05) is 54.4 Å². The highest BCUT2D eigenvalue weighted by Gasteiger charge is 2.16. The quantitative estimate of drug-likeness (QED) is 0.562. The minimum Gasteiger partial charge on any atom is -0.349 e. The summed E-state index contributed by atoms with van der Waals surface area (Å²) in [6, 6.07) is 12.4. The van der Waals surface area contributed by atoms with Gasteiger partial charge in [0.05, 0.1) is 21.8 Å². The first kappa shape index (κ1) is 20.6. The van der Waals surface area contributed by atoms with Crippen molar-refractivity contribution in [2.45, 2.75) is 50.8 Å². The number of hydrogen-bond donors (Lipinski definition) is 1. The lowest BCUT2D eigenvalue weighted by atomic mass is 9.89. The second-order valence-corrected chi connectivity index (χ2v) is 8.80. The zero-order chi connectivity index (χ0) is 19.2. The number of amides is 1. The van der Waals surface area contributed by atoms with Crippen LogP contribution in [0.25, 0.3) is 0 Å². The van der Waals surface area contributed by atoms with Gasteiger partial charge in [-0.05, 0) is 66.5 Å². The number of nitrogens with one attached hydrogen (secondary N) is 1. The normalized spacial score (nSPS) is 14.5. The summed E-state index contributed by atoms with van der Waals surface area (Å²) in [5.41, 5.74) is 5.23. The Kier molecular flexibility index (Phi) is 7.51. The summed E-state index contributed by atoms with van der Waals surface area (Å²) in [6.07, 6.45) is 5.79. The van der Waals surface area contributed by atoms with Crippen molar-refractivity contribution in [1.82, 2.24) is 5.32 Å². The molecule has 0 radical (unpaired) electrons. The standard InChI is InChI=1S/C22H25Cl2NOS/c1-2-21(18-9-8-16-5-3-4-6-17(16)12-18)25-22(26)14-27-13-15-7-10-19(23)20(24)11-15/h7-12,21H,2-6,13-14H2,1H3,(H,25,26)/t21-/m1/s1. The molecule has 2 aromatic carbocycles. The zero-order valence-corrected chi connectivity index (χ0v) is 17.9. The molecule has 27 heavy (non-hydrogen) atoms. The van der Waals surface area contributed by atoms with Gasteiger partial charge in [-0.15, -0.1) is 11.8 Å². The highest BCUT2D eigenvalue weighted by atomic mass is 35.5. The summed E-state index contributed by atoms with van der Waals surface area (Å²) < 4.78 is 0. The molecule has 0 spiro atoms. The van der Waals surface area contributed by atoms with Crippen LogP contribution in [0.3, 0.4) is 0 Å². The van der Waals surface area contributed by atoms with E-state index in [-0.39, 0.29) is 11.9 Å². The van der Waals surface area contributed by atoms with Crippen LogP contribution < -0.4 is 5.32 Å². The topological polar surface area (TPSA) is 29.1 Å². The van der Waals surface area contributed by atoms with E-state index in [0.29, 0.717) is 15.8 Å². The Morgan fingerprint density at radius 3 is 2.59 bits per heavy atom. The molecule has 3 rings (SSSR count). The van der Waals surface area contributed by atoms with E-state index >= 15 is 0 Å². The van der Waals surface area contributed by atoms with Gasteiger partial charge < -0.3 is 5.32 Å². The molecule has 0 heterocycles. The molecule has 1 atom stereocenters. The van der Waals surface area contributed by atoms with E-state index in [1.807, 2.05) is 12.1 Å². The highest BCUT2D eigenvalue weighted by molar-refractivity contribution is 7.99. The molecule has 0 unspecified atom stereocenters. The number of rotatable bonds is 7. The summed E-state index contributed by atoms with van der Waals surface area (Å²) >= 11 is 13.6. The highest BCUT2D eigenvalue weighted by Crippen LogP contribution is 2.27. The number of halogens is 2. The van der Waals surface area contributed by atoms with Gasteiger partial charge in [0, 0.05) is 5.75 Å². The molecule has 1 amide bonds. The Morgan fingerprint density at radius 1 is 1.07 bits per heavy atom. The molecular formula is C22H25Cl2NOS. The fourth-order valence-electron chi connectivity index (χ4n) is 3.52. The van der Waals surface area contributed by atoms with Gasteiger partial charge in [0.15, 0.2) is 0 Å². The first-order valence-corrected chi connectivity index (χ1v) is 11.4. The number of benzene rings is 2. The molecular weight excluding hydrogens is 397 g/mol. The van der Waals surface area contributed by atoms with Crippen LogP contribution in [-0.2, 0) is 23.4 Å². The van der Waals surface area contributed by atoms with Gasteiger partial charge in [-0.25, -0.2) is 0 Å². The second kappa shape index (κ2) is 9.86. The van der Waals surface area contributed by atoms with Crippen molar-refractivity contribution in [2.24, 2.45) is 0 Å². The van der Waals surface area contributed by atoms with E-state index in [1.165, 1.54) is 36.0 Å². The minimum atomic E-state index is 0.0737. The minimum absolute atomic E-state index is 0.0737. The number of thioether (sulfide) groups is 1. The zero-order valence-electron chi connectivity index (χ0n) is 15.6. The SMILES string of the molecule is CC[C@@H](NC(=O)CSCc1ccc(Cl)c(Cl)c1)c1ccc2c(c1)CCCC2. The molecule has 144 valence electrons. The van der Waals surface area contributed by atoms with Crippen molar-refractivity contribution in [1.29, 1.82) is 0 Å². The van der Waals surface area contributed by atoms with E-state index in [9.17, 15) is 4.79 Å². The van der Waals surface area contributed by atoms with Crippen LogP contribution >= 0.6 is 35.0 Å². The van der Waals surface area contributed by atoms with Crippen LogP contribution in [-0.4, -0.2) is 11.7 Å². The lowest BCUT2D eigenvalue weighted by Crippen LogP contribution is -2.29.